The van der Waals surface area contributed by atoms with Crippen LogP contribution in [0.1, 0.15) is 57.6 Å². The molecular formula is C26H32N2O5. The van der Waals surface area contributed by atoms with Crippen molar-refractivity contribution in [2.75, 3.05) is 13.2 Å². The van der Waals surface area contributed by atoms with Crippen LogP contribution >= 0.6 is 0 Å². The van der Waals surface area contributed by atoms with E-state index in [2.05, 4.69) is 22.8 Å². The first-order valence-electron chi connectivity index (χ1n) is 11.3. The second-order valence-corrected chi connectivity index (χ2v) is 9.04. The number of hydrogen-bond acceptors (Lipinski definition) is 5. The lowest BCUT2D eigenvalue weighted by atomic mass is 9.98. The minimum absolute atomic E-state index is 0.00271. The predicted molar refractivity (Wildman–Crippen MR) is 126 cm³/mol. The van der Waals surface area contributed by atoms with Gasteiger partial charge in [0.2, 0.25) is 5.91 Å². The third-order valence-electron chi connectivity index (χ3n) is 5.36. The minimum atomic E-state index is -0.895. The molecule has 33 heavy (non-hydrogen) atoms. The molecule has 0 saturated heterocycles. The molecule has 0 spiro atoms. The Morgan fingerprint density at radius 1 is 0.970 bits per heavy atom. The molecule has 1 atom stereocenters. The second-order valence-electron chi connectivity index (χ2n) is 9.04. The smallest absolute Gasteiger partial charge is 0.407 e. The van der Waals surface area contributed by atoms with Crippen molar-refractivity contribution in [2.45, 2.75) is 58.1 Å². The van der Waals surface area contributed by atoms with Crippen molar-refractivity contribution in [2.24, 2.45) is 0 Å². The van der Waals surface area contributed by atoms with Crippen LogP contribution in [-0.2, 0) is 19.1 Å². The van der Waals surface area contributed by atoms with Gasteiger partial charge in [0.1, 0.15) is 18.2 Å². The number of carbonyl (C=O) groups is 3. The molecule has 0 radical (unpaired) electrons. The lowest BCUT2D eigenvalue weighted by molar-refractivity contribution is -0.155. The van der Waals surface area contributed by atoms with Crippen molar-refractivity contribution in [1.82, 2.24) is 10.6 Å². The fourth-order valence-electron chi connectivity index (χ4n) is 4.00. The van der Waals surface area contributed by atoms with Gasteiger partial charge in [-0.3, -0.25) is 9.59 Å². The number of benzene rings is 2. The third kappa shape index (κ3) is 6.34. The molecule has 1 aliphatic carbocycles. The zero-order valence-electron chi connectivity index (χ0n) is 19.6. The maximum absolute atomic E-state index is 12.6. The van der Waals surface area contributed by atoms with Gasteiger partial charge in [0.25, 0.3) is 0 Å². The van der Waals surface area contributed by atoms with Crippen LogP contribution in [-0.4, -0.2) is 42.8 Å². The highest BCUT2D eigenvalue weighted by molar-refractivity contribution is 5.86. The predicted octanol–water partition coefficient (Wildman–Crippen LogP) is 4.15. The molecule has 3 rings (SSSR count). The number of rotatable bonds is 8. The van der Waals surface area contributed by atoms with Crippen LogP contribution in [0.15, 0.2) is 48.5 Å². The highest BCUT2D eigenvalue weighted by atomic mass is 16.6. The van der Waals surface area contributed by atoms with Crippen molar-refractivity contribution in [3.8, 4) is 11.1 Å². The first kappa shape index (κ1) is 24.3. The molecule has 0 fully saturated rings. The summed E-state index contributed by atoms with van der Waals surface area (Å²) in [6.07, 6.45) is -0.578. The minimum Gasteiger partial charge on any atom is -0.460 e. The number of nitrogens with one attached hydrogen (secondary N) is 2. The van der Waals surface area contributed by atoms with E-state index in [4.69, 9.17) is 9.47 Å². The van der Waals surface area contributed by atoms with Gasteiger partial charge in [-0.1, -0.05) is 48.5 Å². The summed E-state index contributed by atoms with van der Waals surface area (Å²) in [5.41, 5.74) is 3.88. The molecule has 0 saturated carbocycles. The number of likely N-dealkylation sites (N-methyl/N-ethyl adjacent to an activating group) is 1. The Bertz CT molecular complexity index is 966. The number of amides is 2. The van der Waals surface area contributed by atoms with Crippen LogP contribution < -0.4 is 10.6 Å². The molecule has 0 heterocycles. The Kier molecular flexibility index (Phi) is 7.74. The number of alkyl carbamates (subject to hydrolysis) is 1. The molecule has 2 amide bonds. The molecule has 0 aliphatic heterocycles. The van der Waals surface area contributed by atoms with Gasteiger partial charge in [0.05, 0.1) is 0 Å². The van der Waals surface area contributed by atoms with E-state index in [1.54, 1.807) is 27.7 Å². The van der Waals surface area contributed by atoms with Gasteiger partial charge in [-0.25, -0.2) is 4.79 Å². The summed E-state index contributed by atoms with van der Waals surface area (Å²) in [5.74, 6) is -0.867. The maximum Gasteiger partial charge on any atom is 0.407 e. The molecule has 7 heteroatoms. The number of ether oxygens (including phenoxy) is 2. The summed E-state index contributed by atoms with van der Waals surface area (Å²) in [7, 11) is 0. The summed E-state index contributed by atoms with van der Waals surface area (Å²) in [4.78, 5) is 37.1. The van der Waals surface area contributed by atoms with Gasteiger partial charge in [0, 0.05) is 18.9 Å². The topological polar surface area (TPSA) is 93.7 Å². The number of hydrogen-bond donors (Lipinski definition) is 2. The molecule has 1 aliphatic rings. The molecule has 2 aromatic rings. The van der Waals surface area contributed by atoms with E-state index in [1.165, 1.54) is 0 Å². The van der Waals surface area contributed by atoms with Crippen LogP contribution in [0.25, 0.3) is 11.1 Å². The quantitative estimate of drug-likeness (QED) is 0.587. The first-order valence-corrected chi connectivity index (χ1v) is 11.3. The van der Waals surface area contributed by atoms with Crippen LogP contribution in [0.4, 0.5) is 4.79 Å². The van der Waals surface area contributed by atoms with Crippen LogP contribution in [0, 0.1) is 0 Å². The molecule has 2 N–H and O–H groups in total. The Labute approximate surface area is 194 Å². The second kappa shape index (κ2) is 10.5. The van der Waals surface area contributed by atoms with Gasteiger partial charge < -0.3 is 20.1 Å². The van der Waals surface area contributed by atoms with E-state index in [9.17, 15) is 14.4 Å². The Hall–Kier alpha value is -3.35. The molecule has 2 aromatic carbocycles. The average molecular weight is 453 g/mol. The summed E-state index contributed by atoms with van der Waals surface area (Å²) in [6, 6.07) is 15.2. The first-order chi connectivity index (χ1) is 15.7. The summed E-state index contributed by atoms with van der Waals surface area (Å²) < 4.78 is 10.8. The van der Waals surface area contributed by atoms with Crippen LogP contribution in [0.3, 0.4) is 0 Å². The molecule has 7 nitrogen and oxygen atoms in total. The lowest BCUT2D eigenvalue weighted by Crippen LogP contribution is -2.47. The Morgan fingerprint density at radius 2 is 1.55 bits per heavy atom. The zero-order chi connectivity index (χ0) is 24.0. The maximum atomic E-state index is 12.6. The van der Waals surface area contributed by atoms with E-state index in [1.807, 2.05) is 36.4 Å². The standard InChI is InChI=1S/C26H32N2O5/c1-5-27-24(30)22(14-15-23(29)33-26(2,3)4)28-25(31)32-16-21-19-12-8-6-10-17(19)18-11-7-9-13-20(18)21/h6-13,21-22H,5,14-16H2,1-4H3,(H,27,30)(H,28,31)/t22-/m0/s1. The van der Waals surface area contributed by atoms with Gasteiger partial charge >= 0.3 is 12.1 Å². The van der Waals surface area contributed by atoms with Crippen LogP contribution in [0.2, 0.25) is 0 Å². The zero-order valence-corrected chi connectivity index (χ0v) is 19.6. The molecule has 0 aromatic heterocycles. The number of fused-ring (bicyclic) bond motifs is 3. The average Bonchev–Trinajstić information content (AvgIpc) is 3.08. The van der Waals surface area contributed by atoms with E-state index in [0.717, 1.165) is 22.3 Å². The van der Waals surface area contributed by atoms with E-state index in [-0.39, 0.29) is 31.3 Å². The highest BCUT2D eigenvalue weighted by Gasteiger charge is 2.30. The van der Waals surface area contributed by atoms with E-state index in [0.29, 0.717) is 6.54 Å². The summed E-state index contributed by atoms with van der Waals surface area (Å²) in [6.45, 7) is 7.68. The lowest BCUT2D eigenvalue weighted by Gasteiger charge is -2.22. The van der Waals surface area contributed by atoms with Crippen molar-refractivity contribution in [3.05, 3.63) is 59.7 Å². The summed E-state index contributed by atoms with van der Waals surface area (Å²) in [5, 5.41) is 5.30. The highest BCUT2D eigenvalue weighted by Crippen LogP contribution is 2.44. The normalized spacial score (nSPS) is 13.5. The SMILES string of the molecule is CCNC(=O)[C@H](CCC(=O)OC(C)(C)C)NC(=O)OCC1c2ccccc2-c2ccccc21. The van der Waals surface area contributed by atoms with E-state index < -0.39 is 23.7 Å². The fourth-order valence-corrected chi connectivity index (χ4v) is 4.00. The molecule has 176 valence electrons. The van der Waals surface area contributed by atoms with Crippen molar-refractivity contribution < 1.29 is 23.9 Å². The molecular weight excluding hydrogens is 420 g/mol. The largest absolute Gasteiger partial charge is 0.460 e. The van der Waals surface area contributed by atoms with Crippen molar-refractivity contribution in [1.29, 1.82) is 0 Å². The van der Waals surface area contributed by atoms with Crippen LogP contribution in [0.5, 0.6) is 0 Å². The Morgan fingerprint density at radius 3 is 2.09 bits per heavy atom. The number of carbonyl (C=O) groups excluding carboxylic acids is 3. The van der Waals surface area contributed by atoms with Gasteiger partial charge in [-0.15, -0.1) is 0 Å². The number of esters is 1. The fraction of sp³-hybridized carbons (Fsp3) is 0.423. The molecule has 0 bridgehead atoms. The van der Waals surface area contributed by atoms with Crippen molar-refractivity contribution >= 4 is 18.0 Å². The van der Waals surface area contributed by atoms with Gasteiger partial charge in [-0.05, 0) is 56.4 Å². The van der Waals surface area contributed by atoms with Gasteiger partial charge in [-0.2, -0.15) is 0 Å². The van der Waals surface area contributed by atoms with Gasteiger partial charge in [0.15, 0.2) is 0 Å². The van der Waals surface area contributed by atoms with Crippen molar-refractivity contribution in [3.63, 3.8) is 0 Å². The summed E-state index contributed by atoms with van der Waals surface area (Å²) >= 11 is 0. The third-order valence-corrected chi connectivity index (χ3v) is 5.36. The Balaban J connectivity index is 1.62. The monoisotopic (exact) mass is 452 g/mol. The molecule has 0 unspecified atom stereocenters. The van der Waals surface area contributed by atoms with E-state index >= 15 is 0 Å².